The molecule has 0 amide bonds. The quantitative estimate of drug-likeness (QED) is 0.490. The van der Waals surface area contributed by atoms with Crippen molar-refractivity contribution >= 4 is 5.97 Å². The summed E-state index contributed by atoms with van der Waals surface area (Å²) in [5, 5.41) is 2.22. The van der Waals surface area contributed by atoms with Crippen LogP contribution in [-0.4, -0.2) is 25.2 Å². The van der Waals surface area contributed by atoms with Gasteiger partial charge in [0, 0.05) is 12.3 Å². The zero-order valence-corrected chi connectivity index (χ0v) is 16.3. The van der Waals surface area contributed by atoms with Gasteiger partial charge in [0.1, 0.15) is 17.8 Å². The maximum Gasteiger partial charge on any atom is 0.315 e. The number of allylic oxidation sites excluding steroid dienone is 1. The molecule has 0 spiro atoms. The molecule has 3 fully saturated rings. The Balaban J connectivity index is 1.34. The minimum atomic E-state index is -0.198. The second kappa shape index (κ2) is 7.38. The average Bonchev–Trinajstić information content (AvgIpc) is 2.92. The van der Waals surface area contributed by atoms with Crippen molar-refractivity contribution in [3.8, 4) is 0 Å². The maximum absolute atomic E-state index is 13.0. The zero-order valence-electron chi connectivity index (χ0n) is 16.3. The predicted octanol–water partition coefficient (Wildman–Crippen LogP) is 3.25. The van der Waals surface area contributed by atoms with E-state index in [9.17, 15) is 9.18 Å². The van der Waals surface area contributed by atoms with Gasteiger partial charge in [0.25, 0.3) is 0 Å². The molecule has 2 aliphatic carbocycles. The van der Waals surface area contributed by atoms with Crippen molar-refractivity contribution in [2.75, 3.05) is 13.1 Å². The maximum atomic E-state index is 13.0. The van der Waals surface area contributed by atoms with Crippen molar-refractivity contribution in [1.29, 1.82) is 0 Å². The van der Waals surface area contributed by atoms with Crippen LogP contribution in [0.4, 0.5) is 4.39 Å². The molecule has 1 heterocycles. The van der Waals surface area contributed by atoms with E-state index in [4.69, 9.17) is 4.74 Å². The summed E-state index contributed by atoms with van der Waals surface area (Å²) in [6.45, 7) is 8.42. The van der Waals surface area contributed by atoms with E-state index in [1.54, 1.807) is 0 Å². The Hall–Kier alpha value is -1.68. The summed E-state index contributed by atoms with van der Waals surface area (Å²) in [5.41, 5.74) is 2.78. The van der Waals surface area contributed by atoms with E-state index in [0.29, 0.717) is 11.8 Å². The van der Waals surface area contributed by atoms with Crippen molar-refractivity contribution in [3.05, 3.63) is 47.8 Å². The molecule has 0 bridgehead atoms. The van der Waals surface area contributed by atoms with Gasteiger partial charge in [0.2, 0.25) is 0 Å². The topological polar surface area (TPSA) is 42.9 Å². The van der Waals surface area contributed by atoms with Crippen LogP contribution in [0, 0.1) is 29.0 Å². The minimum absolute atomic E-state index is 0.00231. The van der Waals surface area contributed by atoms with Gasteiger partial charge in [-0.2, -0.15) is 0 Å². The molecule has 27 heavy (non-hydrogen) atoms. The fourth-order valence-electron chi connectivity index (χ4n) is 5.74. The Morgan fingerprint density at radius 3 is 2.89 bits per heavy atom. The molecule has 1 aliphatic heterocycles. The average molecular weight is 373 g/mol. The lowest BCUT2D eigenvalue weighted by Gasteiger charge is -2.49. The van der Waals surface area contributed by atoms with Crippen molar-refractivity contribution in [3.63, 3.8) is 0 Å². The van der Waals surface area contributed by atoms with E-state index < -0.39 is 0 Å². The van der Waals surface area contributed by atoms with Crippen molar-refractivity contribution < 1.29 is 19.2 Å². The summed E-state index contributed by atoms with van der Waals surface area (Å²) in [4.78, 5) is 12.5. The number of quaternary nitrogens is 1. The van der Waals surface area contributed by atoms with Gasteiger partial charge in [-0.1, -0.05) is 31.2 Å². The van der Waals surface area contributed by atoms with E-state index in [1.807, 2.05) is 12.1 Å². The SMILES string of the molecule is C=C1CCC[C@@]2(C)C[C@H]3OC(=O)[C@@H](C[NH2+]CCc4ccc(F)cc4)[C@@H]3C[C@@H]12. The number of halogens is 1. The number of hydrogen-bond acceptors (Lipinski definition) is 2. The molecule has 3 aliphatic rings. The van der Waals surface area contributed by atoms with Gasteiger partial charge in [-0.15, -0.1) is 0 Å². The molecule has 2 N–H and O–H groups in total. The summed E-state index contributed by atoms with van der Waals surface area (Å²) in [6, 6.07) is 6.67. The van der Waals surface area contributed by atoms with Crippen molar-refractivity contribution in [2.45, 2.75) is 51.6 Å². The molecule has 1 saturated heterocycles. The van der Waals surface area contributed by atoms with Crippen LogP contribution in [-0.2, 0) is 16.0 Å². The summed E-state index contributed by atoms with van der Waals surface area (Å²) < 4.78 is 18.8. The Bertz CT molecular complexity index is 716. The van der Waals surface area contributed by atoms with Gasteiger partial charge in [-0.05, 0) is 61.1 Å². The highest BCUT2D eigenvalue weighted by Gasteiger charge is 2.55. The fraction of sp³-hybridized carbons (Fsp3) is 0.609. The minimum Gasteiger partial charge on any atom is -0.462 e. The Morgan fingerprint density at radius 1 is 1.33 bits per heavy atom. The highest BCUT2D eigenvalue weighted by atomic mass is 19.1. The number of carbonyl (C=O) groups excluding carboxylic acids is 1. The first kappa shape index (κ1) is 18.7. The standard InChI is InChI=1S/C23H30FNO2/c1-15-4-3-10-23(2)13-21-18(12-20(15)23)19(22(26)27-21)14-25-11-9-16-5-7-17(24)8-6-16/h5-8,18-21,25H,1,3-4,9-14H2,2H3/p+1/t18-,19-,20-,21+,23-/m0/s1. The van der Waals surface area contributed by atoms with E-state index in [-0.39, 0.29) is 29.2 Å². The molecular formula is C23H31FNO2+. The van der Waals surface area contributed by atoms with E-state index in [2.05, 4.69) is 18.8 Å². The van der Waals surface area contributed by atoms with Crippen molar-refractivity contribution in [1.82, 2.24) is 0 Å². The van der Waals surface area contributed by atoms with Gasteiger partial charge in [0.15, 0.2) is 0 Å². The second-order valence-corrected chi connectivity index (χ2v) is 9.09. The van der Waals surface area contributed by atoms with Gasteiger partial charge in [0.05, 0.1) is 13.1 Å². The van der Waals surface area contributed by atoms with Gasteiger partial charge in [-0.25, -0.2) is 4.39 Å². The Labute approximate surface area is 161 Å². The van der Waals surface area contributed by atoms with E-state index in [1.165, 1.54) is 30.5 Å². The normalized spacial score (nSPS) is 35.5. The number of benzene rings is 1. The number of ether oxygens (including phenoxy) is 1. The number of nitrogens with two attached hydrogens (primary N) is 1. The smallest absolute Gasteiger partial charge is 0.315 e. The summed E-state index contributed by atoms with van der Waals surface area (Å²) >= 11 is 0. The molecule has 146 valence electrons. The van der Waals surface area contributed by atoms with Crippen LogP contribution in [0.25, 0.3) is 0 Å². The lowest BCUT2D eigenvalue weighted by Crippen LogP contribution is -2.86. The molecule has 1 aromatic rings. The number of fused-ring (bicyclic) bond motifs is 2. The highest BCUT2D eigenvalue weighted by Crippen LogP contribution is 2.56. The number of carbonyl (C=O) groups is 1. The first-order chi connectivity index (χ1) is 13.0. The van der Waals surface area contributed by atoms with E-state index in [0.717, 1.165) is 44.3 Å². The summed E-state index contributed by atoms with van der Waals surface area (Å²) in [7, 11) is 0. The highest BCUT2D eigenvalue weighted by molar-refractivity contribution is 5.75. The van der Waals surface area contributed by atoms with Crippen LogP contribution in [0.15, 0.2) is 36.4 Å². The number of hydrogen-bond donors (Lipinski definition) is 1. The molecule has 3 nitrogen and oxygen atoms in total. The van der Waals surface area contributed by atoms with Crippen molar-refractivity contribution in [2.24, 2.45) is 23.2 Å². The van der Waals surface area contributed by atoms with Crippen LogP contribution in [0.5, 0.6) is 0 Å². The monoisotopic (exact) mass is 372 g/mol. The molecule has 0 radical (unpaired) electrons. The van der Waals surface area contributed by atoms with Gasteiger partial charge < -0.3 is 10.1 Å². The largest absolute Gasteiger partial charge is 0.462 e. The van der Waals surface area contributed by atoms with Gasteiger partial charge >= 0.3 is 5.97 Å². The molecule has 5 atom stereocenters. The van der Waals surface area contributed by atoms with Gasteiger partial charge in [-0.3, -0.25) is 4.79 Å². The Kier molecular flexibility index (Phi) is 5.11. The molecular weight excluding hydrogens is 341 g/mol. The third kappa shape index (κ3) is 3.69. The van der Waals surface area contributed by atoms with Crippen LogP contribution < -0.4 is 5.32 Å². The fourth-order valence-corrected chi connectivity index (χ4v) is 5.74. The van der Waals surface area contributed by atoms with Crippen LogP contribution in [0.3, 0.4) is 0 Å². The van der Waals surface area contributed by atoms with Crippen LogP contribution in [0.2, 0.25) is 0 Å². The summed E-state index contributed by atoms with van der Waals surface area (Å²) in [5.74, 6) is 0.686. The number of rotatable bonds is 5. The molecule has 4 heteroatoms. The van der Waals surface area contributed by atoms with E-state index >= 15 is 0 Å². The van der Waals surface area contributed by atoms with Crippen LogP contribution in [0.1, 0.15) is 44.6 Å². The molecule has 0 unspecified atom stereocenters. The molecule has 1 aromatic carbocycles. The molecule has 0 aromatic heterocycles. The summed E-state index contributed by atoms with van der Waals surface area (Å²) in [6.07, 6.45) is 6.62. The second-order valence-electron chi connectivity index (χ2n) is 9.09. The molecule has 2 saturated carbocycles. The lowest BCUT2D eigenvalue weighted by atomic mass is 9.55. The number of esters is 1. The predicted molar refractivity (Wildman–Crippen MR) is 102 cm³/mol. The zero-order chi connectivity index (χ0) is 19.0. The Morgan fingerprint density at radius 2 is 2.11 bits per heavy atom. The third-order valence-corrected chi connectivity index (χ3v) is 7.29. The first-order valence-corrected chi connectivity index (χ1v) is 10.4. The van der Waals surface area contributed by atoms with Crippen LogP contribution >= 0.6 is 0 Å². The first-order valence-electron chi connectivity index (χ1n) is 10.4. The third-order valence-electron chi connectivity index (χ3n) is 7.29. The lowest BCUT2D eigenvalue weighted by molar-refractivity contribution is -0.658. The molecule has 4 rings (SSSR count).